The number of ether oxygens (including phenoxy) is 2. The van der Waals surface area contributed by atoms with E-state index in [9.17, 15) is 0 Å². The van der Waals surface area contributed by atoms with Crippen LogP contribution in [0.15, 0.2) is 83.8 Å². The second-order valence-corrected chi connectivity index (χ2v) is 8.86. The number of thioether (sulfide) groups is 1. The molecule has 3 aromatic carbocycles. The number of phenolic OH excluding ortho intramolecular Hbond substituents is 2. The van der Waals surface area contributed by atoms with Crippen LogP contribution in [0.25, 0.3) is 0 Å². The van der Waals surface area contributed by atoms with Crippen LogP contribution in [0.3, 0.4) is 0 Å². The van der Waals surface area contributed by atoms with E-state index in [1.165, 1.54) is 32.4 Å². The molecule has 2 heterocycles. The number of nitrogens with zero attached hydrogens (tertiary/aromatic N) is 1. The SMILES string of the molecule is CC.Oc1ccc2c(c1)SCCO2.Oc1ccccc1.c1ccc(OCCN2CCCCC2)cc1. The van der Waals surface area contributed by atoms with E-state index in [1.807, 2.05) is 50.2 Å². The first-order valence-corrected chi connectivity index (χ1v) is 13.4. The molecule has 0 radical (unpaired) electrons. The highest BCUT2D eigenvalue weighted by atomic mass is 32.2. The summed E-state index contributed by atoms with van der Waals surface area (Å²) in [4.78, 5) is 3.53. The zero-order valence-corrected chi connectivity index (χ0v) is 21.8. The third kappa shape index (κ3) is 11.9. The van der Waals surface area contributed by atoms with Gasteiger partial charge in [0.25, 0.3) is 0 Å². The molecule has 2 N–H and O–H groups in total. The van der Waals surface area contributed by atoms with Crippen molar-refractivity contribution in [2.45, 2.75) is 38.0 Å². The molecule has 0 unspecified atom stereocenters. The van der Waals surface area contributed by atoms with Crippen molar-refractivity contribution in [2.24, 2.45) is 0 Å². The molecule has 190 valence electrons. The number of para-hydroxylation sites is 2. The van der Waals surface area contributed by atoms with E-state index in [4.69, 9.17) is 19.7 Å². The lowest BCUT2D eigenvalue weighted by molar-refractivity contribution is 0.183. The standard InChI is InChI=1S/C13H19NO.C8H8O2S.C6H6O.C2H6/c1-3-7-13(8-4-1)15-12-11-14-9-5-2-6-10-14;9-6-1-2-7-8(5-6)11-4-3-10-7;7-6-4-2-1-3-5-6;1-2/h1,3-4,7-8H,2,5-6,9-12H2;1-2,5,9H,3-4H2;1-5,7H;1-2H3. The van der Waals surface area contributed by atoms with Gasteiger partial charge in [0.15, 0.2) is 0 Å². The van der Waals surface area contributed by atoms with Gasteiger partial charge >= 0.3 is 0 Å². The van der Waals surface area contributed by atoms with Crippen LogP contribution < -0.4 is 9.47 Å². The molecule has 5 nitrogen and oxygen atoms in total. The lowest BCUT2D eigenvalue weighted by Gasteiger charge is -2.26. The van der Waals surface area contributed by atoms with Gasteiger partial charge in [-0.05, 0) is 68.4 Å². The maximum Gasteiger partial charge on any atom is 0.133 e. The summed E-state index contributed by atoms with van der Waals surface area (Å²) in [5, 5.41) is 17.8. The van der Waals surface area contributed by atoms with Gasteiger partial charge in [-0.1, -0.05) is 56.7 Å². The van der Waals surface area contributed by atoms with Gasteiger partial charge in [-0.15, -0.1) is 11.8 Å². The van der Waals surface area contributed by atoms with Crippen molar-refractivity contribution in [3.05, 3.63) is 78.9 Å². The van der Waals surface area contributed by atoms with Crippen LogP contribution in [0.4, 0.5) is 0 Å². The van der Waals surface area contributed by atoms with Gasteiger partial charge in [0.05, 0.1) is 11.5 Å². The van der Waals surface area contributed by atoms with E-state index in [1.54, 1.807) is 54.2 Å². The highest BCUT2D eigenvalue weighted by Gasteiger charge is 2.10. The lowest BCUT2D eigenvalue weighted by atomic mass is 10.1. The fourth-order valence-corrected chi connectivity index (χ4v) is 4.31. The molecular weight excluding hydrogens is 458 g/mol. The summed E-state index contributed by atoms with van der Waals surface area (Å²) in [5.41, 5.74) is 0. The van der Waals surface area contributed by atoms with Crippen molar-refractivity contribution in [1.29, 1.82) is 0 Å². The number of hydrogen-bond acceptors (Lipinski definition) is 6. The Hall–Kier alpha value is -2.83. The first kappa shape index (κ1) is 28.4. The smallest absolute Gasteiger partial charge is 0.133 e. The van der Waals surface area contributed by atoms with Gasteiger partial charge in [-0.25, -0.2) is 0 Å². The Kier molecular flexibility index (Phi) is 14.3. The fraction of sp³-hybridized carbons (Fsp3) is 0.379. The fourth-order valence-electron chi connectivity index (χ4n) is 3.45. The quantitative estimate of drug-likeness (QED) is 0.411. The molecular formula is C29H39NO4S. The van der Waals surface area contributed by atoms with Crippen molar-refractivity contribution < 1.29 is 19.7 Å². The Bertz CT molecular complexity index is 918. The number of benzene rings is 3. The van der Waals surface area contributed by atoms with E-state index in [0.717, 1.165) is 41.9 Å². The minimum Gasteiger partial charge on any atom is -0.508 e. The number of phenols is 2. The average Bonchev–Trinajstić information content (AvgIpc) is 2.92. The summed E-state index contributed by atoms with van der Waals surface area (Å²) in [6.07, 6.45) is 4.10. The van der Waals surface area contributed by atoms with Crippen molar-refractivity contribution >= 4 is 11.8 Å². The van der Waals surface area contributed by atoms with Crippen LogP contribution in [0.5, 0.6) is 23.0 Å². The zero-order chi connectivity index (χ0) is 25.1. The number of likely N-dealkylation sites (tertiary alicyclic amines) is 1. The van der Waals surface area contributed by atoms with E-state index in [2.05, 4.69) is 4.90 Å². The number of rotatable bonds is 4. The molecule has 0 aliphatic carbocycles. The normalized spacial score (nSPS) is 14.2. The molecule has 0 amide bonds. The topological polar surface area (TPSA) is 62.2 Å². The summed E-state index contributed by atoms with van der Waals surface area (Å²) in [6.45, 7) is 9.14. The third-order valence-electron chi connectivity index (χ3n) is 5.15. The van der Waals surface area contributed by atoms with Crippen LogP contribution in [0.2, 0.25) is 0 Å². The first-order valence-electron chi connectivity index (χ1n) is 12.4. The molecule has 2 aliphatic heterocycles. The Morgan fingerprint density at radius 3 is 2.11 bits per heavy atom. The predicted molar refractivity (Wildman–Crippen MR) is 146 cm³/mol. The second-order valence-electron chi connectivity index (χ2n) is 7.73. The number of hydrogen-bond donors (Lipinski definition) is 2. The second kappa shape index (κ2) is 17.6. The summed E-state index contributed by atoms with van der Waals surface area (Å²) in [6, 6.07) is 23.9. The summed E-state index contributed by atoms with van der Waals surface area (Å²) < 4.78 is 11.0. The van der Waals surface area contributed by atoms with Crippen molar-refractivity contribution in [1.82, 2.24) is 4.90 Å². The Labute approximate surface area is 214 Å². The molecule has 0 spiro atoms. The number of piperidine rings is 1. The van der Waals surface area contributed by atoms with Crippen LogP contribution in [0, 0.1) is 0 Å². The third-order valence-corrected chi connectivity index (χ3v) is 6.15. The molecule has 0 bridgehead atoms. The average molecular weight is 498 g/mol. The maximum atomic E-state index is 9.12. The molecule has 1 saturated heterocycles. The van der Waals surface area contributed by atoms with E-state index in [0.29, 0.717) is 11.5 Å². The molecule has 2 aliphatic rings. The van der Waals surface area contributed by atoms with Gasteiger partial charge in [0.2, 0.25) is 0 Å². The molecule has 0 aromatic heterocycles. The van der Waals surface area contributed by atoms with E-state index in [-0.39, 0.29) is 0 Å². The van der Waals surface area contributed by atoms with E-state index < -0.39 is 0 Å². The first-order chi connectivity index (χ1) is 17.2. The van der Waals surface area contributed by atoms with Crippen molar-refractivity contribution in [3.63, 3.8) is 0 Å². The molecule has 5 rings (SSSR count). The number of aromatic hydroxyl groups is 2. The Morgan fingerprint density at radius 2 is 1.49 bits per heavy atom. The maximum absolute atomic E-state index is 9.12. The largest absolute Gasteiger partial charge is 0.508 e. The summed E-state index contributed by atoms with van der Waals surface area (Å²) >= 11 is 1.72. The van der Waals surface area contributed by atoms with Gasteiger partial charge in [-0.3, -0.25) is 4.90 Å². The minimum atomic E-state index is 0.307. The van der Waals surface area contributed by atoms with Gasteiger partial charge in [0, 0.05) is 12.3 Å². The monoisotopic (exact) mass is 497 g/mol. The summed E-state index contributed by atoms with van der Waals surface area (Å²) in [7, 11) is 0. The van der Waals surface area contributed by atoms with Crippen LogP contribution >= 0.6 is 11.8 Å². The Morgan fingerprint density at radius 1 is 0.829 bits per heavy atom. The summed E-state index contributed by atoms with van der Waals surface area (Å²) in [5.74, 6) is 3.47. The highest BCUT2D eigenvalue weighted by molar-refractivity contribution is 7.99. The van der Waals surface area contributed by atoms with E-state index >= 15 is 0 Å². The Balaban J connectivity index is 0.000000190. The number of fused-ring (bicyclic) bond motifs is 1. The van der Waals surface area contributed by atoms with Crippen LogP contribution in [-0.2, 0) is 0 Å². The van der Waals surface area contributed by atoms with Gasteiger partial charge < -0.3 is 19.7 Å². The zero-order valence-electron chi connectivity index (χ0n) is 20.9. The molecule has 0 saturated carbocycles. The van der Waals surface area contributed by atoms with Crippen LogP contribution in [0.1, 0.15) is 33.1 Å². The van der Waals surface area contributed by atoms with Gasteiger partial charge in [-0.2, -0.15) is 0 Å². The molecule has 3 aromatic rings. The molecule has 1 fully saturated rings. The highest BCUT2D eigenvalue weighted by Crippen LogP contribution is 2.35. The molecule has 6 heteroatoms. The van der Waals surface area contributed by atoms with Crippen molar-refractivity contribution in [2.75, 3.05) is 38.6 Å². The molecule has 35 heavy (non-hydrogen) atoms. The van der Waals surface area contributed by atoms with Crippen LogP contribution in [-0.4, -0.2) is 53.7 Å². The predicted octanol–water partition coefficient (Wildman–Crippen LogP) is 6.85. The minimum absolute atomic E-state index is 0.307. The lowest BCUT2D eigenvalue weighted by Crippen LogP contribution is -2.33. The van der Waals surface area contributed by atoms with Gasteiger partial charge in [0.1, 0.15) is 29.6 Å². The van der Waals surface area contributed by atoms with Crippen molar-refractivity contribution in [3.8, 4) is 23.0 Å². The molecule has 0 atom stereocenters.